The smallest absolute Gasteiger partial charge is 0.330 e. The van der Waals surface area contributed by atoms with Crippen LogP contribution >= 0.6 is 0 Å². The highest BCUT2D eigenvalue weighted by atomic mass is 16.4. The van der Waals surface area contributed by atoms with Gasteiger partial charge in [-0.2, -0.15) is 0 Å². The number of aliphatic carboxylic acids is 1. The molecule has 1 saturated heterocycles. The first kappa shape index (κ1) is 14.5. The highest BCUT2D eigenvalue weighted by molar-refractivity contribution is 5.84. The van der Waals surface area contributed by atoms with Gasteiger partial charge in [0.25, 0.3) is 0 Å². The lowest BCUT2D eigenvalue weighted by Crippen LogP contribution is -2.33. The zero-order valence-electron chi connectivity index (χ0n) is 11.3. The fourth-order valence-corrected chi connectivity index (χ4v) is 2.46. The Morgan fingerprint density at radius 1 is 1.35 bits per heavy atom. The minimum absolute atomic E-state index is 0.201. The van der Waals surface area contributed by atoms with Crippen molar-refractivity contribution < 1.29 is 14.7 Å². The van der Waals surface area contributed by atoms with Crippen molar-refractivity contribution in [1.29, 1.82) is 0 Å². The van der Waals surface area contributed by atoms with E-state index in [0.717, 1.165) is 25.9 Å². The van der Waals surface area contributed by atoms with E-state index >= 15 is 0 Å². The number of rotatable bonds is 6. The molecular formula is C15H20N2O3. The number of carbonyl (C=O) groups excluding carboxylic acids is 1. The van der Waals surface area contributed by atoms with Gasteiger partial charge >= 0.3 is 5.97 Å². The van der Waals surface area contributed by atoms with Gasteiger partial charge in [0, 0.05) is 6.42 Å². The maximum Gasteiger partial charge on any atom is 0.330 e. The maximum atomic E-state index is 11.9. The van der Waals surface area contributed by atoms with E-state index in [1.807, 2.05) is 6.07 Å². The molecule has 1 heterocycles. The van der Waals surface area contributed by atoms with Crippen molar-refractivity contribution in [3.63, 3.8) is 0 Å². The summed E-state index contributed by atoms with van der Waals surface area (Å²) in [4.78, 5) is 23.2. The van der Waals surface area contributed by atoms with Crippen LogP contribution in [0.25, 0.3) is 0 Å². The molecule has 20 heavy (non-hydrogen) atoms. The van der Waals surface area contributed by atoms with Crippen LogP contribution in [0.1, 0.15) is 30.9 Å². The Bertz CT molecular complexity index is 455. The average Bonchev–Trinajstić information content (AvgIpc) is 2.96. The molecule has 1 amide bonds. The van der Waals surface area contributed by atoms with Crippen LogP contribution in [-0.4, -0.2) is 30.1 Å². The lowest BCUT2D eigenvalue weighted by molar-refractivity contribution is -0.142. The minimum Gasteiger partial charge on any atom is -0.479 e. The first-order valence-corrected chi connectivity index (χ1v) is 6.94. The SMILES string of the molecule is O=C(CCC1CCNC1)N[C@H](C(=O)O)c1ccccc1. The molecule has 2 rings (SSSR count). The molecule has 2 atom stereocenters. The molecule has 0 spiro atoms. The third kappa shape index (κ3) is 4.06. The van der Waals surface area contributed by atoms with Crippen LogP contribution < -0.4 is 10.6 Å². The van der Waals surface area contributed by atoms with Gasteiger partial charge in [-0.1, -0.05) is 30.3 Å². The first-order valence-electron chi connectivity index (χ1n) is 6.94. The van der Waals surface area contributed by atoms with Crippen molar-refractivity contribution >= 4 is 11.9 Å². The second-order valence-corrected chi connectivity index (χ2v) is 5.15. The number of amides is 1. The molecule has 5 nitrogen and oxygen atoms in total. The average molecular weight is 276 g/mol. The minimum atomic E-state index is -1.04. The van der Waals surface area contributed by atoms with E-state index in [2.05, 4.69) is 10.6 Å². The molecule has 0 bridgehead atoms. The summed E-state index contributed by atoms with van der Waals surface area (Å²) >= 11 is 0. The quantitative estimate of drug-likeness (QED) is 0.732. The fourth-order valence-electron chi connectivity index (χ4n) is 2.46. The number of hydrogen-bond donors (Lipinski definition) is 3. The summed E-state index contributed by atoms with van der Waals surface area (Å²) in [7, 11) is 0. The van der Waals surface area contributed by atoms with Crippen LogP contribution in [0.15, 0.2) is 30.3 Å². The normalized spacial score (nSPS) is 19.5. The van der Waals surface area contributed by atoms with E-state index in [1.165, 1.54) is 0 Å². The zero-order chi connectivity index (χ0) is 14.4. The molecule has 1 aliphatic heterocycles. The van der Waals surface area contributed by atoms with Gasteiger partial charge in [0.15, 0.2) is 6.04 Å². The van der Waals surface area contributed by atoms with E-state index in [4.69, 9.17) is 0 Å². The predicted molar refractivity (Wildman–Crippen MR) is 75.2 cm³/mol. The number of benzene rings is 1. The molecule has 0 aromatic heterocycles. The number of carboxylic acids is 1. The Morgan fingerprint density at radius 2 is 2.10 bits per heavy atom. The first-order chi connectivity index (χ1) is 9.66. The Morgan fingerprint density at radius 3 is 2.70 bits per heavy atom. The molecule has 1 aromatic carbocycles. The molecule has 3 N–H and O–H groups in total. The Kier molecular flexibility index (Phi) is 5.12. The molecule has 1 aliphatic rings. The van der Waals surface area contributed by atoms with Crippen LogP contribution in [0.5, 0.6) is 0 Å². The van der Waals surface area contributed by atoms with E-state index < -0.39 is 12.0 Å². The van der Waals surface area contributed by atoms with E-state index in [0.29, 0.717) is 17.9 Å². The molecular weight excluding hydrogens is 256 g/mol. The van der Waals surface area contributed by atoms with Crippen molar-refractivity contribution in [3.05, 3.63) is 35.9 Å². The van der Waals surface area contributed by atoms with Gasteiger partial charge in [-0.15, -0.1) is 0 Å². The number of carbonyl (C=O) groups is 2. The number of carboxylic acid groups (broad SMARTS) is 1. The lowest BCUT2D eigenvalue weighted by Gasteiger charge is -2.15. The van der Waals surface area contributed by atoms with Gasteiger partial charge in [0.05, 0.1) is 0 Å². The molecule has 5 heteroatoms. The van der Waals surface area contributed by atoms with Crippen LogP contribution in [-0.2, 0) is 9.59 Å². The second-order valence-electron chi connectivity index (χ2n) is 5.15. The summed E-state index contributed by atoms with van der Waals surface area (Å²) in [5.41, 5.74) is 0.593. The molecule has 0 radical (unpaired) electrons. The third-order valence-corrected chi connectivity index (χ3v) is 3.63. The molecule has 1 aromatic rings. The molecule has 108 valence electrons. The summed E-state index contributed by atoms with van der Waals surface area (Å²) in [6.07, 6.45) is 2.28. The van der Waals surface area contributed by atoms with Crippen LogP contribution in [0.2, 0.25) is 0 Å². The third-order valence-electron chi connectivity index (χ3n) is 3.63. The molecule has 0 saturated carbocycles. The van der Waals surface area contributed by atoms with Gasteiger partial charge in [-0.25, -0.2) is 4.79 Å². The van der Waals surface area contributed by atoms with Crippen molar-refractivity contribution in [2.75, 3.05) is 13.1 Å². The van der Waals surface area contributed by atoms with E-state index in [-0.39, 0.29) is 5.91 Å². The maximum absolute atomic E-state index is 11.9. The van der Waals surface area contributed by atoms with Crippen molar-refractivity contribution in [1.82, 2.24) is 10.6 Å². The standard InChI is InChI=1S/C15H20N2O3/c18-13(7-6-11-8-9-16-10-11)17-14(15(19)20)12-4-2-1-3-5-12/h1-5,11,14,16H,6-10H2,(H,17,18)(H,19,20)/t11?,14-/m0/s1. The topological polar surface area (TPSA) is 78.4 Å². The monoisotopic (exact) mass is 276 g/mol. The summed E-state index contributed by atoms with van der Waals surface area (Å²) in [5.74, 6) is -0.707. The van der Waals surface area contributed by atoms with Gasteiger partial charge in [-0.05, 0) is 37.4 Å². The van der Waals surface area contributed by atoms with E-state index in [9.17, 15) is 14.7 Å². The number of nitrogens with one attached hydrogen (secondary N) is 2. The fraction of sp³-hybridized carbons (Fsp3) is 0.467. The highest BCUT2D eigenvalue weighted by Crippen LogP contribution is 2.16. The van der Waals surface area contributed by atoms with Crippen LogP contribution in [0.3, 0.4) is 0 Å². The second kappa shape index (κ2) is 7.05. The van der Waals surface area contributed by atoms with Crippen LogP contribution in [0.4, 0.5) is 0 Å². The Balaban J connectivity index is 1.87. The molecule has 1 unspecified atom stereocenters. The highest BCUT2D eigenvalue weighted by Gasteiger charge is 2.22. The molecule has 1 fully saturated rings. The van der Waals surface area contributed by atoms with Gasteiger partial charge in [0.2, 0.25) is 5.91 Å². The summed E-state index contributed by atoms with van der Waals surface area (Å²) in [6.45, 7) is 1.96. The van der Waals surface area contributed by atoms with E-state index in [1.54, 1.807) is 24.3 Å². The van der Waals surface area contributed by atoms with Crippen molar-refractivity contribution in [2.45, 2.75) is 25.3 Å². The molecule has 0 aliphatic carbocycles. The summed E-state index contributed by atoms with van der Waals surface area (Å²) in [5, 5.41) is 15.1. The Labute approximate surface area is 118 Å². The summed E-state index contributed by atoms with van der Waals surface area (Å²) < 4.78 is 0. The Hall–Kier alpha value is -1.88. The van der Waals surface area contributed by atoms with Gasteiger partial charge in [0.1, 0.15) is 0 Å². The number of hydrogen-bond acceptors (Lipinski definition) is 3. The van der Waals surface area contributed by atoms with Crippen molar-refractivity contribution in [3.8, 4) is 0 Å². The lowest BCUT2D eigenvalue weighted by atomic mass is 10.0. The largest absolute Gasteiger partial charge is 0.479 e. The van der Waals surface area contributed by atoms with Crippen LogP contribution in [0, 0.1) is 5.92 Å². The van der Waals surface area contributed by atoms with Gasteiger partial charge < -0.3 is 15.7 Å². The van der Waals surface area contributed by atoms with Gasteiger partial charge in [-0.3, -0.25) is 4.79 Å². The van der Waals surface area contributed by atoms with Crippen molar-refractivity contribution in [2.24, 2.45) is 5.92 Å². The zero-order valence-corrected chi connectivity index (χ0v) is 11.3. The summed E-state index contributed by atoms with van der Waals surface area (Å²) in [6, 6.07) is 7.80. The predicted octanol–water partition coefficient (Wildman–Crippen LogP) is 1.32.